The SMILES string of the molecule is CC(C)c1ccc(C(=O)N/N=C/c2ccc(C(C)(C)C)cc2)cc1. The number of hydrogen-bond donors (Lipinski definition) is 1. The van der Waals surface area contributed by atoms with E-state index < -0.39 is 0 Å². The van der Waals surface area contributed by atoms with E-state index in [1.54, 1.807) is 6.21 Å². The minimum absolute atomic E-state index is 0.131. The van der Waals surface area contributed by atoms with Gasteiger partial charge in [-0.25, -0.2) is 5.43 Å². The molecule has 0 aliphatic heterocycles. The highest BCUT2D eigenvalue weighted by Crippen LogP contribution is 2.21. The maximum absolute atomic E-state index is 12.1. The predicted octanol–water partition coefficient (Wildman–Crippen LogP) is 4.87. The standard InChI is InChI=1S/C21H26N2O/c1-15(2)17-8-10-18(11-9-17)20(24)23-22-14-16-6-12-19(13-7-16)21(3,4)5/h6-15H,1-5H3,(H,23,24)/b22-14+. The Hall–Kier alpha value is -2.42. The van der Waals surface area contributed by atoms with Crippen molar-refractivity contribution in [3.8, 4) is 0 Å². The van der Waals surface area contributed by atoms with E-state index in [9.17, 15) is 4.79 Å². The molecule has 2 rings (SSSR count). The molecule has 0 radical (unpaired) electrons. The van der Waals surface area contributed by atoms with Gasteiger partial charge in [-0.05, 0) is 40.2 Å². The van der Waals surface area contributed by atoms with Crippen LogP contribution in [0.1, 0.15) is 67.6 Å². The molecule has 3 nitrogen and oxygen atoms in total. The van der Waals surface area contributed by atoms with Gasteiger partial charge in [0.1, 0.15) is 0 Å². The molecule has 0 saturated carbocycles. The summed E-state index contributed by atoms with van der Waals surface area (Å²) in [7, 11) is 0. The zero-order valence-corrected chi connectivity index (χ0v) is 15.1. The lowest BCUT2D eigenvalue weighted by Gasteiger charge is -2.18. The molecule has 0 atom stereocenters. The third kappa shape index (κ3) is 4.79. The summed E-state index contributed by atoms with van der Waals surface area (Å²) < 4.78 is 0. The quantitative estimate of drug-likeness (QED) is 0.633. The second-order valence-corrected chi connectivity index (χ2v) is 7.35. The van der Waals surface area contributed by atoms with Crippen LogP contribution in [0.4, 0.5) is 0 Å². The van der Waals surface area contributed by atoms with E-state index in [-0.39, 0.29) is 11.3 Å². The molecular weight excluding hydrogens is 296 g/mol. The van der Waals surface area contributed by atoms with Gasteiger partial charge < -0.3 is 0 Å². The van der Waals surface area contributed by atoms with E-state index in [1.807, 2.05) is 36.4 Å². The Bertz CT molecular complexity index is 705. The average Bonchev–Trinajstić information content (AvgIpc) is 2.54. The fraction of sp³-hybridized carbons (Fsp3) is 0.333. The first kappa shape index (κ1) is 17.9. The number of nitrogens with one attached hydrogen (secondary N) is 1. The predicted molar refractivity (Wildman–Crippen MR) is 101 cm³/mol. The van der Waals surface area contributed by atoms with Crippen molar-refractivity contribution < 1.29 is 4.79 Å². The van der Waals surface area contributed by atoms with Gasteiger partial charge in [-0.1, -0.05) is 71.0 Å². The van der Waals surface area contributed by atoms with Crippen molar-refractivity contribution in [3.05, 3.63) is 70.8 Å². The summed E-state index contributed by atoms with van der Waals surface area (Å²) in [5.74, 6) is 0.254. The molecule has 3 heteroatoms. The number of amides is 1. The topological polar surface area (TPSA) is 41.5 Å². The van der Waals surface area contributed by atoms with Crippen molar-refractivity contribution in [3.63, 3.8) is 0 Å². The zero-order chi connectivity index (χ0) is 17.7. The zero-order valence-electron chi connectivity index (χ0n) is 15.1. The Morgan fingerprint density at radius 2 is 1.58 bits per heavy atom. The van der Waals surface area contributed by atoms with Crippen molar-refractivity contribution in [2.45, 2.75) is 46.0 Å². The Morgan fingerprint density at radius 1 is 1.00 bits per heavy atom. The molecule has 1 amide bonds. The first-order valence-electron chi connectivity index (χ1n) is 8.31. The molecule has 0 heterocycles. The monoisotopic (exact) mass is 322 g/mol. The number of rotatable bonds is 4. The van der Waals surface area contributed by atoms with Crippen LogP contribution in [0.3, 0.4) is 0 Å². The molecule has 0 spiro atoms. The fourth-order valence-corrected chi connectivity index (χ4v) is 2.32. The molecule has 2 aromatic rings. The molecule has 0 saturated heterocycles. The number of hydrogen-bond acceptors (Lipinski definition) is 2. The average molecular weight is 322 g/mol. The van der Waals surface area contributed by atoms with Crippen LogP contribution in [0, 0.1) is 0 Å². The molecule has 24 heavy (non-hydrogen) atoms. The molecular formula is C21H26N2O. The van der Waals surface area contributed by atoms with Crippen molar-refractivity contribution in [2.75, 3.05) is 0 Å². The third-order valence-corrected chi connectivity index (χ3v) is 4.00. The number of nitrogens with zero attached hydrogens (tertiary/aromatic N) is 1. The lowest BCUT2D eigenvalue weighted by Crippen LogP contribution is -2.17. The largest absolute Gasteiger partial charge is 0.271 e. The highest BCUT2D eigenvalue weighted by atomic mass is 16.2. The normalized spacial score (nSPS) is 11.9. The molecule has 0 fully saturated rings. The first-order valence-corrected chi connectivity index (χ1v) is 8.31. The second kappa shape index (κ2) is 7.43. The van der Waals surface area contributed by atoms with Crippen LogP contribution in [-0.2, 0) is 5.41 Å². The smallest absolute Gasteiger partial charge is 0.267 e. The fourth-order valence-electron chi connectivity index (χ4n) is 2.32. The van der Waals surface area contributed by atoms with Gasteiger partial charge in [0, 0.05) is 5.56 Å². The maximum Gasteiger partial charge on any atom is 0.271 e. The molecule has 1 N–H and O–H groups in total. The lowest BCUT2D eigenvalue weighted by molar-refractivity contribution is 0.0955. The summed E-state index contributed by atoms with van der Waals surface area (Å²) >= 11 is 0. The Balaban J connectivity index is 1.97. The van der Waals surface area contributed by atoms with Gasteiger partial charge in [0.25, 0.3) is 5.91 Å². The van der Waals surface area contributed by atoms with Crippen LogP contribution in [0.2, 0.25) is 0 Å². The van der Waals surface area contributed by atoms with Gasteiger partial charge >= 0.3 is 0 Å². The number of hydrazone groups is 1. The molecule has 0 aromatic heterocycles. The van der Waals surface area contributed by atoms with Crippen LogP contribution in [0.5, 0.6) is 0 Å². The van der Waals surface area contributed by atoms with Crippen LogP contribution < -0.4 is 5.43 Å². The van der Waals surface area contributed by atoms with Crippen LogP contribution in [-0.4, -0.2) is 12.1 Å². The molecule has 126 valence electrons. The van der Waals surface area contributed by atoms with E-state index >= 15 is 0 Å². The van der Waals surface area contributed by atoms with Gasteiger partial charge in [-0.3, -0.25) is 4.79 Å². The summed E-state index contributed by atoms with van der Waals surface area (Å²) in [5.41, 5.74) is 6.76. The Kier molecular flexibility index (Phi) is 5.55. The van der Waals surface area contributed by atoms with Crippen molar-refractivity contribution in [1.29, 1.82) is 0 Å². The van der Waals surface area contributed by atoms with Crippen molar-refractivity contribution >= 4 is 12.1 Å². The maximum atomic E-state index is 12.1. The van der Waals surface area contributed by atoms with Crippen molar-refractivity contribution in [2.24, 2.45) is 5.10 Å². The number of carbonyl (C=O) groups excluding carboxylic acids is 1. The molecule has 0 aliphatic carbocycles. The summed E-state index contributed by atoms with van der Waals surface area (Å²) in [6.45, 7) is 10.8. The summed E-state index contributed by atoms with van der Waals surface area (Å²) in [6, 6.07) is 15.8. The van der Waals surface area contributed by atoms with Gasteiger partial charge in [0.15, 0.2) is 0 Å². The van der Waals surface area contributed by atoms with Gasteiger partial charge in [-0.15, -0.1) is 0 Å². The van der Waals surface area contributed by atoms with Crippen molar-refractivity contribution in [1.82, 2.24) is 5.43 Å². The van der Waals surface area contributed by atoms with Gasteiger partial charge in [0.2, 0.25) is 0 Å². The molecule has 0 aliphatic rings. The third-order valence-electron chi connectivity index (χ3n) is 4.00. The van der Waals surface area contributed by atoms with E-state index in [0.717, 1.165) is 5.56 Å². The Labute approximate surface area is 144 Å². The number of carbonyl (C=O) groups is 1. The molecule has 2 aromatic carbocycles. The minimum Gasteiger partial charge on any atom is -0.267 e. The van der Waals surface area contributed by atoms with Gasteiger partial charge in [-0.2, -0.15) is 5.10 Å². The van der Waals surface area contributed by atoms with Gasteiger partial charge in [0.05, 0.1) is 6.21 Å². The van der Waals surface area contributed by atoms with E-state index in [0.29, 0.717) is 11.5 Å². The van der Waals surface area contributed by atoms with E-state index in [2.05, 4.69) is 57.3 Å². The first-order chi connectivity index (χ1) is 11.3. The van der Waals surface area contributed by atoms with E-state index in [1.165, 1.54) is 11.1 Å². The van der Waals surface area contributed by atoms with E-state index in [4.69, 9.17) is 0 Å². The molecule has 0 bridgehead atoms. The van der Waals surface area contributed by atoms with Crippen LogP contribution in [0.15, 0.2) is 53.6 Å². The van der Waals surface area contributed by atoms with Crippen LogP contribution >= 0.6 is 0 Å². The summed E-state index contributed by atoms with van der Waals surface area (Å²) in [6.07, 6.45) is 1.66. The minimum atomic E-state index is -0.201. The Morgan fingerprint density at radius 3 is 2.08 bits per heavy atom. The number of benzene rings is 2. The lowest BCUT2D eigenvalue weighted by atomic mass is 9.87. The summed E-state index contributed by atoms with van der Waals surface area (Å²) in [5, 5.41) is 4.04. The molecule has 0 unspecified atom stereocenters. The second-order valence-electron chi connectivity index (χ2n) is 7.35. The highest BCUT2D eigenvalue weighted by molar-refractivity contribution is 5.94. The van der Waals surface area contributed by atoms with Crippen LogP contribution in [0.25, 0.3) is 0 Å². The highest BCUT2D eigenvalue weighted by Gasteiger charge is 2.12. The summed E-state index contributed by atoms with van der Waals surface area (Å²) in [4.78, 5) is 12.1.